The normalized spacial score (nSPS) is 12.6. The summed E-state index contributed by atoms with van der Waals surface area (Å²) < 4.78 is 0. The standard InChI is InChI=1S/C15H16N4S/c1-9-8-12(11(3)20-9)10(2)16-15-17-13-6-4-5-7-14(13)18-19-15/h4-8,10H,1-3H3,(H,16,17,19). The topological polar surface area (TPSA) is 50.7 Å². The van der Waals surface area contributed by atoms with Crippen molar-refractivity contribution in [3.8, 4) is 0 Å². The van der Waals surface area contributed by atoms with Gasteiger partial charge in [0, 0.05) is 9.75 Å². The Morgan fingerprint density at radius 1 is 1.10 bits per heavy atom. The average Bonchev–Trinajstić information content (AvgIpc) is 2.78. The lowest BCUT2D eigenvalue weighted by molar-refractivity contribution is 0.847. The second-order valence-electron chi connectivity index (χ2n) is 4.86. The maximum absolute atomic E-state index is 4.50. The Morgan fingerprint density at radius 2 is 1.85 bits per heavy atom. The van der Waals surface area contributed by atoms with Crippen molar-refractivity contribution < 1.29 is 0 Å². The van der Waals surface area contributed by atoms with Crippen LogP contribution in [0.25, 0.3) is 11.0 Å². The minimum absolute atomic E-state index is 0.169. The maximum atomic E-state index is 4.50. The van der Waals surface area contributed by atoms with Crippen molar-refractivity contribution in [2.45, 2.75) is 26.8 Å². The van der Waals surface area contributed by atoms with Gasteiger partial charge in [0.25, 0.3) is 0 Å². The number of fused-ring (bicyclic) bond motifs is 1. The molecule has 1 unspecified atom stereocenters. The van der Waals surface area contributed by atoms with E-state index in [0.29, 0.717) is 5.95 Å². The number of anilines is 1. The number of aromatic nitrogens is 3. The molecule has 2 aromatic heterocycles. The molecule has 0 radical (unpaired) electrons. The van der Waals surface area contributed by atoms with E-state index in [4.69, 9.17) is 0 Å². The van der Waals surface area contributed by atoms with Crippen molar-refractivity contribution in [1.29, 1.82) is 0 Å². The van der Waals surface area contributed by atoms with E-state index in [0.717, 1.165) is 11.0 Å². The van der Waals surface area contributed by atoms with Crippen molar-refractivity contribution in [1.82, 2.24) is 15.2 Å². The molecule has 1 aromatic carbocycles. The minimum Gasteiger partial charge on any atom is -0.346 e. The Balaban J connectivity index is 1.87. The van der Waals surface area contributed by atoms with Gasteiger partial charge in [-0.1, -0.05) is 12.1 Å². The summed E-state index contributed by atoms with van der Waals surface area (Å²) in [7, 11) is 0. The smallest absolute Gasteiger partial charge is 0.243 e. The highest BCUT2D eigenvalue weighted by molar-refractivity contribution is 7.12. The molecular weight excluding hydrogens is 268 g/mol. The highest BCUT2D eigenvalue weighted by atomic mass is 32.1. The summed E-state index contributed by atoms with van der Waals surface area (Å²) >= 11 is 1.81. The van der Waals surface area contributed by atoms with Crippen LogP contribution in [0.5, 0.6) is 0 Å². The summed E-state index contributed by atoms with van der Waals surface area (Å²) in [6.07, 6.45) is 0. The summed E-state index contributed by atoms with van der Waals surface area (Å²) in [6.45, 7) is 6.39. The Hall–Kier alpha value is -2.01. The molecule has 1 atom stereocenters. The van der Waals surface area contributed by atoms with E-state index in [2.05, 4.69) is 47.3 Å². The van der Waals surface area contributed by atoms with Gasteiger partial charge in [0.2, 0.25) is 5.95 Å². The first-order valence-corrected chi connectivity index (χ1v) is 7.38. The predicted molar refractivity (Wildman–Crippen MR) is 83.2 cm³/mol. The van der Waals surface area contributed by atoms with Gasteiger partial charge in [0.05, 0.1) is 11.6 Å². The van der Waals surface area contributed by atoms with Crippen molar-refractivity contribution in [3.63, 3.8) is 0 Å². The van der Waals surface area contributed by atoms with Crippen LogP contribution >= 0.6 is 11.3 Å². The van der Waals surface area contributed by atoms with Crippen LogP contribution in [-0.4, -0.2) is 15.2 Å². The largest absolute Gasteiger partial charge is 0.346 e. The number of benzene rings is 1. The van der Waals surface area contributed by atoms with Gasteiger partial charge in [-0.15, -0.1) is 21.5 Å². The lowest BCUT2D eigenvalue weighted by Gasteiger charge is -2.13. The molecule has 20 heavy (non-hydrogen) atoms. The number of nitrogens with zero attached hydrogens (tertiary/aromatic N) is 3. The average molecular weight is 284 g/mol. The second-order valence-corrected chi connectivity index (χ2v) is 6.32. The number of nitrogens with one attached hydrogen (secondary N) is 1. The van der Waals surface area contributed by atoms with Crippen LogP contribution in [0.1, 0.15) is 28.3 Å². The quantitative estimate of drug-likeness (QED) is 0.793. The van der Waals surface area contributed by atoms with E-state index in [1.165, 1.54) is 15.3 Å². The van der Waals surface area contributed by atoms with Gasteiger partial charge in [0.1, 0.15) is 5.52 Å². The summed E-state index contributed by atoms with van der Waals surface area (Å²) in [5, 5.41) is 11.6. The first-order chi connectivity index (χ1) is 9.63. The highest BCUT2D eigenvalue weighted by Gasteiger charge is 2.12. The predicted octanol–water partition coefficient (Wildman–Crippen LogP) is 3.88. The fraction of sp³-hybridized carbons (Fsp3) is 0.267. The molecule has 0 aliphatic carbocycles. The fourth-order valence-corrected chi connectivity index (χ4v) is 3.32. The molecule has 5 heteroatoms. The van der Waals surface area contributed by atoms with Crippen molar-refractivity contribution >= 4 is 28.3 Å². The summed E-state index contributed by atoms with van der Waals surface area (Å²) in [5.74, 6) is 0.569. The lowest BCUT2D eigenvalue weighted by atomic mass is 10.1. The monoisotopic (exact) mass is 284 g/mol. The van der Waals surface area contributed by atoms with E-state index in [-0.39, 0.29) is 6.04 Å². The van der Waals surface area contributed by atoms with Crippen molar-refractivity contribution in [2.24, 2.45) is 0 Å². The molecule has 0 fully saturated rings. The molecule has 2 heterocycles. The Labute approximate surface area is 121 Å². The van der Waals surface area contributed by atoms with Crippen LogP contribution in [0.3, 0.4) is 0 Å². The zero-order valence-electron chi connectivity index (χ0n) is 11.7. The van der Waals surface area contributed by atoms with E-state index in [9.17, 15) is 0 Å². The highest BCUT2D eigenvalue weighted by Crippen LogP contribution is 2.27. The molecule has 0 aliphatic rings. The van der Waals surface area contributed by atoms with Crippen LogP contribution < -0.4 is 5.32 Å². The molecule has 0 bridgehead atoms. The van der Waals surface area contributed by atoms with Gasteiger partial charge in [0.15, 0.2) is 0 Å². The zero-order chi connectivity index (χ0) is 14.1. The van der Waals surface area contributed by atoms with E-state index in [1.807, 2.05) is 35.6 Å². The van der Waals surface area contributed by atoms with Gasteiger partial charge >= 0.3 is 0 Å². The molecule has 0 amide bonds. The minimum atomic E-state index is 0.169. The van der Waals surface area contributed by atoms with Crippen LogP contribution in [0.4, 0.5) is 5.95 Å². The number of thiophene rings is 1. The summed E-state index contributed by atoms with van der Waals surface area (Å²) in [6, 6.07) is 10.1. The fourth-order valence-electron chi connectivity index (χ4n) is 2.29. The van der Waals surface area contributed by atoms with E-state index < -0.39 is 0 Å². The van der Waals surface area contributed by atoms with Gasteiger partial charge in [-0.3, -0.25) is 0 Å². The van der Waals surface area contributed by atoms with Crippen LogP contribution in [0.2, 0.25) is 0 Å². The molecule has 0 spiro atoms. The van der Waals surface area contributed by atoms with Crippen LogP contribution in [0, 0.1) is 13.8 Å². The Kier molecular flexibility index (Phi) is 3.36. The third-order valence-electron chi connectivity index (χ3n) is 3.25. The molecule has 0 saturated carbocycles. The molecule has 4 nitrogen and oxygen atoms in total. The summed E-state index contributed by atoms with van der Waals surface area (Å²) in [4.78, 5) is 7.15. The Morgan fingerprint density at radius 3 is 2.55 bits per heavy atom. The molecular formula is C15H16N4S. The first-order valence-electron chi connectivity index (χ1n) is 6.56. The van der Waals surface area contributed by atoms with E-state index in [1.54, 1.807) is 0 Å². The first kappa shape index (κ1) is 13.0. The van der Waals surface area contributed by atoms with Crippen molar-refractivity contribution in [3.05, 3.63) is 45.6 Å². The van der Waals surface area contributed by atoms with Gasteiger partial charge in [-0.2, -0.15) is 0 Å². The molecule has 3 rings (SSSR count). The third-order valence-corrected chi connectivity index (χ3v) is 4.23. The van der Waals surface area contributed by atoms with E-state index >= 15 is 0 Å². The zero-order valence-corrected chi connectivity index (χ0v) is 12.5. The number of aryl methyl sites for hydroxylation is 2. The second kappa shape index (κ2) is 5.17. The van der Waals surface area contributed by atoms with Gasteiger partial charge in [-0.25, -0.2) is 4.98 Å². The Bertz CT molecular complexity index is 750. The molecule has 102 valence electrons. The third kappa shape index (κ3) is 2.49. The van der Waals surface area contributed by atoms with Crippen molar-refractivity contribution in [2.75, 3.05) is 5.32 Å². The number of hydrogen-bond acceptors (Lipinski definition) is 5. The number of hydrogen-bond donors (Lipinski definition) is 1. The molecule has 1 N–H and O–H groups in total. The van der Waals surface area contributed by atoms with Gasteiger partial charge < -0.3 is 5.32 Å². The van der Waals surface area contributed by atoms with Crippen LogP contribution in [-0.2, 0) is 0 Å². The number of rotatable bonds is 3. The van der Waals surface area contributed by atoms with Crippen LogP contribution in [0.15, 0.2) is 30.3 Å². The molecule has 0 aliphatic heterocycles. The number of para-hydroxylation sites is 1. The lowest BCUT2D eigenvalue weighted by Crippen LogP contribution is -2.10. The molecule has 3 aromatic rings. The SMILES string of the molecule is Cc1cc(C(C)Nc2nnc3ccccc3n2)c(C)s1. The van der Waals surface area contributed by atoms with Gasteiger partial charge in [-0.05, 0) is 44.5 Å². The molecule has 0 saturated heterocycles. The maximum Gasteiger partial charge on any atom is 0.243 e. The summed E-state index contributed by atoms with van der Waals surface area (Å²) in [5.41, 5.74) is 2.97.